The minimum absolute atomic E-state index is 0.0136. The summed E-state index contributed by atoms with van der Waals surface area (Å²) in [5, 5.41) is 0. The van der Waals surface area contributed by atoms with E-state index in [2.05, 4.69) is 25.8 Å². The number of Topliss-reactive ketones (excluding diaryl/α,β-unsaturated/α-hetero) is 1. The van der Waals surface area contributed by atoms with Crippen molar-refractivity contribution in [3.8, 4) is 17.3 Å². The summed E-state index contributed by atoms with van der Waals surface area (Å²) in [7, 11) is 1.94. The fourth-order valence-electron chi connectivity index (χ4n) is 3.62. The molecule has 2 aromatic heterocycles. The molecule has 150 valence electrons. The quantitative estimate of drug-likeness (QED) is 0.724. The van der Waals surface area contributed by atoms with Crippen molar-refractivity contribution in [3.05, 3.63) is 29.6 Å². The van der Waals surface area contributed by atoms with Gasteiger partial charge >= 0.3 is 0 Å². The lowest BCUT2D eigenvalue weighted by atomic mass is 9.90. The van der Waals surface area contributed by atoms with Crippen LogP contribution in [0.1, 0.15) is 51.8 Å². The van der Waals surface area contributed by atoms with Gasteiger partial charge in [0.2, 0.25) is 0 Å². The number of ketones is 1. The van der Waals surface area contributed by atoms with Crippen LogP contribution in [-0.4, -0.2) is 40.9 Å². The Balaban J connectivity index is 1.91. The lowest BCUT2D eigenvalue weighted by Gasteiger charge is -2.23. The second-order valence-corrected chi connectivity index (χ2v) is 8.59. The highest BCUT2D eigenvalue weighted by atomic mass is 16.5. The second kappa shape index (κ2) is 8.25. The van der Waals surface area contributed by atoms with Gasteiger partial charge in [-0.1, -0.05) is 20.8 Å². The highest BCUT2D eigenvalue weighted by Gasteiger charge is 2.24. The molecule has 3 rings (SSSR count). The van der Waals surface area contributed by atoms with E-state index < -0.39 is 0 Å². The van der Waals surface area contributed by atoms with Crippen molar-refractivity contribution >= 4 is 11.6 Å². The van der Waals surface area contributed by atoms with Crippen LogP contribution in [0.15, 0.2) is 18.3 Å². The van der Waals surface area contributed by atoms with Gasteiger partial charge in [-0.15, -0.1) is 0 Å². The molecule has 0 spiro atoms. The van der Waals surface area contributed by atoms with E-state index in [1.807, 2.05) is 31.0 Å². The molecule has 0 saturated heterocycles. The number of pyridine rings is 1. The summed E-state index contributed by atoms with van der Waals surface area (Å²) in [6.07, 6.45) is 5.22. The van der Waals surface area contributed by atoms with Crippen LogP contribution in [0, 0.1) is 5.41 Å². The number of rotatable bonds is 7. The number of anilines is 1. The number of carbonyl (C=O) groups is 1. The molecule has 0 saturated carbocycles. The molecule has 0 radical (unpaired) electrons. The van der Waals surface area contributed by atoms with E-state index in [9.17, 15) is 4.79 Å². The first-order valence-electron chi connectivity index (χ1n) is 9.98. The first-order chi connectivity index (χ1) is 13.3. The maximum atomic E-state index is 12.5. The van der Waals surface area contributed by atoms with Crippen molar-refractivity contribution in [2.24, 2.45) is 5.41 Å². The van der Waals surface area contributed by atoms with E-state index in [0.717, 1.165) is 42.1 Å². The zero-order valence-electron chi connectivity index (χ0n) is 17.6. The number of carbonyl (C=O) groups excluding carboxylic acids is 1. The lowest BCUT2D eigenvalue weighted by Crippen LogP contribution is -2.30. The van der Waals surface area contributed by atoms with Crippen LogP contribution in [0.3, 0.4) is 0 Å². The highest BCUT2D eigenvalue weighted by Crippen LogP contribution is 2.31. The van der Waals surface area contributed by atoms with Gasteiger partial charge in [0.05, 0.1) is 13.2 Å². The Kier molecular flexibility index (Phi) is 5.96. The molecule has 0 N–H and O–H groups in total. The summed E-state index contributed by atoms with van der Waals surface area (Å²) < 4.78 is 5.59. The molecule has 0 aromatic carbocycles. The topological polar surface area (TPSA) is 68.2 Å². The Labute approximate surface area is 167 Å². The minimum Gasteiger partial charge on any atom is -0.494 e. The van der Waals surface area contributed by atoms with Crippen LogP contribution in [0.4, 0.5) is 5.82 Å². The van der Waals surface area contributed by atoms with Crippen molar-refractivity contribution < 1.29 is 9.53 Å². The third-order valence-corrected chi connectivity index (χ3v) is 4.69. The van der Waals surface area contributed by atoms with E-state index in [-0.39, 0.29) is 11.2 Å². The monoisotopic (exact) mass is 382 g/mol. The van der Waals surface area contributed by atoms with Crippen molar-refractivity contribution in [1.29, 1.82) is 0 Å². The summed E-state index contributed by atoms with van der Waals surface area (Å²) in [5.41, 5.74) is 2.91. The normalized spacial score (nSPS) is 13.3. The van der Waals surface area contributed by atoms with E-state index in [1.54, 1.807) is 6.20 Å². The first kappa shape index (κ1) is 20.2. The van der Waals surface area contributed by atoms with Gasteiger partial charge in [0.25, 0.3) is 0 Å². The Hall–Kier alpha value is -2.50. The number of hydrogen-bond donors (Lipinski definition) is 0. The Morgan fingerprint density at radius 3 is 2.75 bits per heavy atom. The SMILES string of the molecule is CCOc1ccnc(-c2nc3c(c(N(C)CC(=O)CC(C)(C)C)n2)CCC3)c1. The molecule has 0 aliphatic heterocycles. The summed E-state index contributed by atoms with van der Waals surface area (Å²) in [5.74, 6) is 2.42. The van der Waals surface area contributed by atoms with Gasteiger partial charge in [0.1, 0.15) is 17.3 Å². The fraction of sp³-hybridized carbons (Fsp3) is 0.545. The van der Waals surface area contributed by atoms with E-state index in [4.69, 9.17) is 14.7 Å². The van der Waals surface area contributed by atoms with Crippen LogP contribution < -0.4 is 9.64 Å². The van der Waals surface area contributed by atoms with Crippen LogP contribution in [0.2, 0.25) is 0 Å². The Morgan fingerprint density at radius 2 is 2.04 bits per heavy atom. The van der Waals surface area contributed by atoms with Gasteiger partial charge in [-0.05, 0) is 37.7 Å². The van der Waals surface area contributed by atoms with E-state index >= 15 is 0 Å². The number of nitrogens with zero attached hydrogens (tertiary/aromatic N) is 4. The molecule has 0 atom stereocenters. The molecule has 1 aliphatic rings. The number of ether oxygens (including phenoxy) is 1. The largest absolute Gasteiger partial charge is 0.494 e. The number of hydrogen-bond acceptors (Lipinski definition) is 6. The van der Waals surface area contributed by atoms with Crippen LogP contribution in [-0.2, 0) is 17.6 Å². The summed E-state index contributed by atoms with van der Waals surface area (Å²) in [4.78, 5) is 28.5. The lowest BCUT2D eigenvalue weighted by molar-refractivity contribution is -0.119. The first-order valence-corrected chi connectivity index (χ1v) is 9.98. The van der Waals surface area contributed by atoms with Gasteiger partial charge in [0.15, 0.2) is 11.6 Å². The van der Waals surface area contributed by atoms with Crippen LogP contribution >= 0.6 is 0 Å². The van der Waals surface area contributed by atoms with Gasteiger partial charge < -0.3 is 9.64 Å². The molecule has 0 unspecified atom stereocenters. The summed E-state index contributed by atoms with van der Waals surface area (Å²) in [6.45, 7) is 9.16. The maximum Gasteiger partial charge on any atom is 0.180 e. The molecule has 6 nitrogen and oxygen atoms in total. The van der Waals surface area contributed by atoms with Crippen molar-refractivity contribution in [1.82, 2.24) is 15.0 Å². The number of aryl methyl sites for hydroxylation is 1. The average molecular weight is 383 g/mol. The predicted octanol–water partition coefficient (Wildman–Crippen LogP) is 3.87. The van der Waals surface area contributed by atoms with Gasteiger partial charge in [0, 0.05) is 37.0 Å². The number of aromatic nitrogens is 3. The zero-order valence-corrected chi connectivity index (χ0v) is 17.6. The summed E-state index contributed by atoms with van der Waals surface area (Å²) in [6, 6.07) is 3.70. The van der Waals surface area contributed by atoms with Crippen LogP contribution in [0.25, 0.3) is 11.5 Å². The Morgan fingerprint density at radius 1 is 1.25 bits per heavy atom. The third-order valence-electron chi connectivity index (χ3n) is 4.69. The predicted molar refractivity (Wildman–Crippen MR) is 111 cm³/mol. The van der Waals surface area contributed by atoms with Crippen molar-refractivity contribution in [3.63, 3.8) is 0 Å². The van der Waals surface area contributed by atoms with Crippen LogP contribution in [0.5, 0.6) is 5.75 Å². The molecule has 1 aliphatic carbocycles. The van der Waals surface area contributed by atoms with Crippen molar-refractivity contribution in [2.45, 2.75) is 53.4 Å². The van der Waals surface area contributed by atoms with E-state index in [0.29, 0.717) is 31.1 Å². The molecular weight excluding hydrogens is 352 g/mol. The minimum atomic E-state index is -0.0136. The van der Waals surface area contributed by atoms with Gasteiger partial charge in [-0.25, -0.2) is 9.97 Å². The maximum absolute atomic E-state index is 12.5. The number of fused-ring (bicyclic) bond motifs is 1. The standard InChI is InChI=1S/C22H30N4O2/c1-6-28-16-10-11-23-19(12-16)20-24-18-9-7-8-17(18)21(25-20)26(5)14-15(27)13-22(2,3)4/h10-12H,6-9,13-14H2,1-5H3. The van der Waals surface area contributed by atoms with Gasteiger partial charge in [-0.3, -0.25) is 9.78 Å². The second-order valence-electron chi connectivity index (χ2n) is 8.59. The molecule has 28 heavy (non-hydrogen) atoms. The molecule has 0 bridgehead atoms. The molecule has 0 amide bonds. The fourth-order valence-corrected chi connectivity index (χ4v) is 3.62. The smallest absolute Gasteiger partial charge is 0.180 e. The number of likely N-dealkylation sites (N-methyl/N-ethyl adjacent to an activating group) is 1. The molecule has 2 heterocycles. The van der Waals surface area contributed by atoms with E-state index in [1.165, 1.54) is 0 Å². The molecule has 2 aromatic rings. The molecular formula is C22H30N4O2. The summed E-state index contributed by atoms with van der Waals surface area (Å²) >= 11 is 0. The zero-order chi connectivity index (χ0) is 20.3. The van der Waals surface area contributed by atoms with Crippen molar-refractivity contribution in [2.75, 3.05) is 25.1 Å². The molecule has 0 fully saturated rings. The average Bonchev–Trinajstić information content (AvgIpc) is 3.08. The third kappa shape index (κ3) is 4.86. The molecule has 6 heteroatoms. The Bertz CT molecular complexity index is 858. The van der Waals surface area contributed by atoms with Gasteiger partial charge in [-0.2, -0.15) is 0 Å². The highest BCUT2D eigenvalue weighted by molar-refractivity contribution is 5.84.